The molecule has 0 fully saturated rings. The van der Waals surface area contributed by atoms with Crippen molar-refractivity contribution < 1.29 is 4.79 Å². The summed E-state index contributed by atoms with van der Waals surface area (Å²) in [5.41, 5.74) is 0. The van der Waals surface area contributed by atoms with Crippen LogP contribution in [0.4, 0.5) is 0 Å². The monoisotopic (exact) mass is 330 g/mol. The molecule has 0 bridgehead atoms. The molecule has 2 rings (SSSR count). The Balaban J connectivity index is 1.98. The Morgan fingerprint density at radius 2 is 2.00 bits per heavy atom. The summed E-state index contributed by atoms with van der Waals surface area (Å²) in [7, 11) is 0. The number of thiophene rings is 1. The first-order valence-electron chi connectivity index (χ1n) is 5.80. The third-order valence-corrected chi connectivity index (χ3v) is 5.55. The lowest BCUT2D eigenvalue weighted by Crippen LogP contribution is -1.99. The maximum absolute atomic E-state index is 12.0. The van der Waals surface area contributed by atoms with Gasteiger partial charge in [-0.2, -0.15) is 0 Å². The van der Waals surface area contributed by atoms with Crippen molar-refractivity contribution in [3.8, 4) is 0 Å². The minimum absolute atomic E-state index is 0.153. The zero-order valence-electron chi connectivity index (χ0n) is 10.3. The number of carbonyl (C=O) groups excluding carboxylic acids is 1. The molecular formula is C14H12Cl2OS2. The third-order valence-electron chi connectivity index (χ3n) is 2.55. The zero-order valence-corrected chi connectivity index (χ0v) is 13.4. The number of hydrogen-bond acceptors (Lipinski definition) is 3. The van der Waals surface area contributed by atoms with Crippen LogP contribution in [-0.4, -0.2) is 11.5 Å². The summed E-state index contributed by atoms with van der Waals surface area (Å²) in [6.45, 7) is 2.09. The molecular weight excluding hydrogens is 319 g/mol. The SMILES string of the molecule is CCc1ccc(C(=O)CSc2ccc(Cl)c(Cl)c2)s1. The molecule has 0 unspecified atom stereocenters. The van der Waals surface area contributed by atoms with Crippen LogP contribution in [0.5, 0.6) is 0 Å². The van der Waals surface area contributed by atoms with Crippen LogP contribution in [0.25, 0.3) is 0 Å². The Morgan fingerprint density at radius 1 is 1.21 bits per heavy atom. The number of ketones is 1. The van der Waals surface area contributed by atoms with Gasteiger partial charge < -0.3 is 0 Å². The molecule has 19 heavy (non-hydrogen) atoms. The molecule has 0 amide bonds. The van der Waals surface area contributed by atoms with Crippen molar-refractivity contribution in [2.75, 3.05) is 5.75 Å². The Hall–Kier alpha value is -0.480. The molecule has 1 aromatic heterocycles. The minimum Gasteiger partial charge on any atom is -0.292 e. The maximum Gasteiger partial charge on any atom is 0.182 e. The molecule has 1 heterocycles. The first kappa shape index (κ1) is 14.9. The molecule has 0 aliphatic rings. The van der Waals surface area contributed by atoms with E-state index in [1.165, 1.54) is 16.6 Å². The van der Waals surface area contributed by atoms with E-state index in [1.54, 1.807) is 23.5 Å². The number of thioether (sulfide) groups is 1. The number of halogens is 2. The van der Waals surface area contributed by atoms with Crippen molar-refractivity contribution >= 4 is 52.1 Å². The van der Waals surface area contributed by atoms with Crippen molar-refractivity contribution in [3.05, 3.63) is 50.1 Å². The summed E-state index contributed by atoms with van der Waals surface area (Å²) >= 11 is 14.8. The lowest BCUT2D eigenvalue weighted by molar-refractivity contribution is 0.102. The molecule has 0 radical (unpaired) electrons. The standard InChI is InChI=1S/C14H12Cl2OS2/c1-2-9-4-6-14(19-9)13(17)8-18-10-3-5-11(15)12(16)7-10/h3-7H,2,8H2,1H3. The van der Waals surface area contributed by atoms with Crippen LogP contribution < -0.4 is 0 Å². The molecule has 0 atom stereocenters. The van der Waals surface area contributed by atoms with Gasteiger partial charge in [-0.25, -0.2) is 0 Å². The van der Waals surface area contributed by atoms with Gasteiger partial charge in [-0.05, 0) is 36.8 Å². The fourth-order valence-electron chi connectivity index (χ4n) is 1.50. The summed E-state index contributed by atoms with van der Waals surface area (Å²) < 4.78 is 0. The van der Waals surface area contributed by atoms with E-state index in [2.05, 4.69) is 6.92 Å². The second-order valence-corrected chi connectivity index (χ2v) is 6.94. The quantitative estimate of drug-likeness (QED) is 0.524. The number of carbonyl (C=O) groups is 1. The smallest absolute Gasteiger partial charge is 0.182 e. The summed E-state index contributed by atoms with van der Waals surface area (Å²) in [5, 5.41) is 1.05. The highest BCUT2D eigenvalue weighted by Gasteiger charge is 2.10. The molecule has 100 valence electrons. The lowest BCUT2D eigenvalue weighted by atomic mass is 10.3. The number of rotatable bonds is 5. The number of Topliss-reactive ketones (excluding diaryl/α,β-unsaturated/α-hetero) is 1. The van der Waals surface area contributed by atoms with Gasteiger partial charge in [0.05, 0.1) is 20.7 Å². The van der Waals surface area contributed by atoms with Crippen molar-refractivity contribution in [1.82, 2.24) is 0 Å². The van der Waals surface area contributed by atoms with Crippen LogP contribution in [0.2, 0.25) is 10.0 Å². The van der Waals surface area contributed by atoms with Crippen LogP contribution in [0.1, 0.15) is 21.5 Å². The van der Waals surface area contributed by atoms with Gasteiger partial charge in [-0.1, -0.05) is 30.1 Å². The van der Waals surface area contributed by atoms with Gasteiger partial charge in [0, 0.05) is 9.77 Å². The molecule has 0 N–H and O–H groups in total. The van der Waals surface area contributed by atoms with E-state index in [0.29, 0.717) is 15.8 Å². The Morgan fingerprint density at radius 3 is 2.63 bits per heavy atom. The van der Waals surface area contributed by atoms with Crippen molar-refractivity contribution in [2.45, 2.75) is 18.2 Å². The first-order valence-corrected chi connectivity index (χ1v) is 8.35. The topological polar surface area (TPSA) is 17.1 Å². The van der Waals surface area contributed by atoms with Gasteiger partial charge in [0.1, 0.15) is 0 Å². The summed E-state index contributed by atoms with van der Waals surface area (Å²) in [6, 6.07) is 9.33. The van der Waals surface area contributed by atoms with E-state index in [1.807, 2.05) is 18.2 Å². The fraction of sp³-hybridized carbons (Fsp3) is 0.214. The average molecular weight is 331 g/mol. The molecule has 2 aromatic rings. The second-order valence-electron chi connectivity index (χ2n) is 3.91. The summed E-state index contributed by atoms with van der Waals surface area (Å²) in [4.78, 5) is 15.0. The molecule has 5 heteroatoms. The van der Waals surface area contributed by atoms with Crippen LogP contribution in [0, 0.1) is 0 Å². The highest BCUT2D eigenvalue weighted by atomic mass is 35.5. The molecule has 1 aromatic carbocycles. The van der Waals surface area contributed by atoms with Crippen molar-refractivity contribution in [1.29, 1.82) is 0 Å². The van der Waals surface area contributed by atoms with E-state index in [-0.39, 0.29) is 5.78 Å². The molecule has 0 spiro atoms. The van der Waals surface area contributed by atoms with Crippen LogP contribution >= 0.6 is 46.3 Å². The molecule has 0 aliphatic carbocycles. The van der Waals surface area contributed by atoms with Gasteiger partial charge in [0.25, 0.3) is 0 Å². The van der Waals surface area contributed by atoms with Gasteiger partial charge in [0.2, 0.25) is 0 Å². The Kier molecular flexibility index (Phi) is 5.34. The zero-order chi connectivity index (χ0) is 13.8. The Labute approximate surface area is 130 Å². The predicted octanol–water partition coefficient (Wildman–Crippen LogP) is 5.59. The van der Waals surface area contributed by atoms with Gasteiger partial charge in [0.15, 0.2) is 5.78 Å². The summed E-state index contributed by atoms with van der Waals surface area (Å²) in [6.07, 6.45) is 0.970. The van der Waals surface area contributed by atoms with Gasteiger partial charge in [-0.15, -0.1) is 23.1 Å². The minimum atomic E-state index is 0.153. The predicted molar refractivity (Wildman–Crippen MR) is 85.2 cm³/mol. The Bertz CT molecular complexity index is 593. The van der Waals surface area contributed by atoms with Gasteiger partial charge >= 0.3 is 0 Å². The molecule has 0 saturated carbocycles. The largest absolute Gasteiger partial charge is 0.292 e. The first-order chi connectivity index (χ1) is 9.10. The maximum atomic E-state index is 12.0. The van der Waals surface area contributed by atoms with Crippen LogP contribution in [-0.2, 0) is 6.42 Å². The van der Waals surface area contributed by atoms with E-state index >= 15 is 0 Å². The van der Waals surface area contributed by atoms with Crippen molar-refractivity contribution in [3.63, 3.8) is 0 Å². The van der Waals surface area contributed by atoms with Crippen LogP contribution in [0.3, 0.4) is 0 Å². The summed E-state index contributed by atoms with van der Waals surface area (Å²) in [5.74, 6) is 0.572. The average Bonchev–Trinajstić information content (AvgIpc) is 2.88. The molecule has 1 nitrogen and oxygen atoms in total. The normalized spacial score (nSPS) is 10.7. The van der Waals surface area contributed by atoms with Crippen LogP contribution in [0.15, 0.2) is 35.2 Å². The van der Waals surface area contributed by atoms with Crippen molar-refractivity contribution in [2.24, 2.45) is 0 Å². The lowest BCUT2D eigenvalue weighted by Gasteiger charge is -2.02. The van der Waals surface area contributed by atoms with E-state index in [4.69, 9.17) is 23.2 Å². The van der Waals surface area contributed by atoms with E-state index in [0.717, 1.165) is 16.2 Å². The highest BCUT2D eigenvalue weighted by molar-refractivity contribution is 8.00. The number of aryl methyl sites for hydroxylation is 1. The van der Waals surface area contributed by atoms with E-state index < -0.39 is 0 Å². The molecule has 0 saturated heterocycles. The fourth-order valence-corrected chi connectivity index (χ4v) is 3.66. The third kappa shape index (κ3) is 3.99. The van der Waals surface area contributed by atoms with E-state index in [9.17, 15) is 4.79 Å². The number of benzene rings is 1. The second kappa shape index (κ2) is 6.80. The molecule has 0 aliphatic heterocycles. The highest BCUT2D eigenvalue weighted by Crippen LogP contribution is 2.29. The number of hydrogen-bond donors (Lipinski definition) is 0. The van der Waals surface area contributed by atoms with Gasteiger partial charge in [-0.3, -0.25) is 4.79 Å².